The molecule has 0 unspecified atom stereocenters. The standard InChI is InChI=1S/C25H24FNO3/c1-25(19-12-5-3-6-13-19,20-14-7-4-8-15-20)24(29)27-22(23(28)30-2)17-18-11-9-10-16-21(18)26/h3-16,22H,17H2,1-2H3,(H,27,29)/t22-/m0/s1. The second kappa shape index (κ2) is 9.35. The number of benzene rings is 3. The third-order valence-corrected chi connectivity index (χ3v) is 5.33. The molecular weight excluding hydrogens is 381 g/mol. The minimum Gasteiger partial charge on any atom is -0.467 e. The van der Waals surface area contributed by atoms with Crippen LogP contribution in [-0.4, -0.2) is 25.0 Å². The molecule has 1 amide bonds. The van der Waals surface area contributed by atoms with E-state index in [1.54, 1.807) is 18.2 Å². The molecule has 5 heteroatoms. The van der Waals surface area contributed by atoms with Crippen LogP contribution in [0, 0.1) is 5.82 Å². The fraction of sp³-hybridized carbons (Fsp3) is 0.200. The number of carbonyl (C=O) groups is 2. The van der Waals surface area contributed by atoms with Crippen molar-refractivity contribution in [3.63, 3.8) is 0 Å². The van der Waals surface area contributed by atoms with Crippen molar-refractivity contribution in [2.75, 3.05) is 7.11 Å². The number of nitrogens with one attached hydrogen (secondary N) is 1. The number of methoxy groups -OCH3 is 1. The molecule has 0 aliphatic rings. The molecule has 0 fully saturated rings. The van der Waals surface area contributed by atoms with Crippen LogP contribution in [0.5, 0.6) is 0 Å². The van der Waals surface area contributed by atoms with Crippen LogP contribution in [0.3, 0.4) is 0 Å². The van der Waals surface area contributed by atoms with Gasteiger partial charge >= 0.3 is 5.97 Å². The predicted molar refractivity (Wildman–Crippen MR) is 113 cm³/mol. The summed E-state index contributed by atoms with van der Waals surface area (Å²) in [5.74, 6) is -1.43. The van der Waals surface area contributed by atoms with Gasteiger partial charge in [-0.15, -0.1) is 0 Å². The van der Waals surface area contributed by atoms with Crippen molar-refractivity contribution in [1.29, 1.82) is 0 Å². The van der Waals surface area contributed by atoms with Crippen molar-refractivity contribution in [2.24, 2.45) is 0 Å². The van der Waals surface area contributed by atoms with Crippen molar-refractivity contribution in [1.82, 2.24) is 5.32 Å². The highest BCUT2D eigenvalue weighted by molar-refractivity contribution is 5.94. The first-order chi connectivity index (χ1) is 14.5. The van der Waals surface area contributed by atoms with E-state index in [0.717, 1.165) is 11.1 Å². The third kappa shape index (κ3) is 4.40. The number of esters is 1. The van der Waals surface area contributed by atoms with Crippen LogP contribution in [0.15, 0.2) is 84.9 Å². The first kappa shape index (κ1) is 21.2. The van der Waals surface area contributed by atoms with Gasteiger partial charge in [0.1, 0.15) is 11.9 Å². The monoisotopic (exact) mass is 405 g/mol. The second-order valence-electron chi connectivity index (χ2n) is 7.20. The Bertz CT molecular complexity index is 966. The van der Waals surface area contributed by atoms with E-state index in [-0.39, 0.29) is 12.3 Å². The molecule has 0 saturated heterocycles. The van der Waals surface area contributed by atoms with Gasteiger partial charge in [-0.2, -0.15) is 0 Å². The number of amides is 1. The molecule has 1 atom stereocenters. The molecule has 3 rings (SSSR count). The summed E-state index contributed by atoms with van der Waals surface area (Å²) in [6, 6.07) is 23.8. The predicted octanol–water partition coefficient (Wildman–Crippen LogP) is 4.03. The molecule has 0 radical (unpaired) electrons. The van der Waals surface area contributed by atoms with Gasteiger partial charge in [0.25, 0.3) is 0 Å². The molecular formula is C25H24FNO3. The summed E-state index contributed by atoms with van der Waals surface area (Å²) in [6.07, 6.45) is -0.00918. The Balaban J connectivity index is 1.97. The third-order valence-electron chi connectivity index (χ3n) is 5.33. The van der Waals surface area contributed by atoms with E-state index in [4.69, 9.17) is 4.74 Å². The lowest BCUT2D eigenvalue weighted by atomic mass is 9.75. The largest absolute Gasteiger partial charge is 0.467 e. The Hall–Kier alpha value is -3.47. The van der Waals surface area contributed by atoms with Crippen LogP contribution in [0.25, 0.3) is 0 Å². The maximum atomic E-state index is 14.2. The molecule has 0 aromatic heterocycles. The van der Waals surface area contributed by atoms with E-state index >= 15 is 0 Å². The molecule has 0 saturated carbocycles. The SMILES string of the molecule is COC(=O)[C@H](Cc1ccccc1F)NC(=O)C(C)(c1ccccc1)c1ccccc1. The fourth-order valence-corrected chi connectivity index (χ4v) is 3.49. The van der Waals surface area contributed by atoms with Crippen molar-refractivity contribution in [3.8, 4) is 0 Å². The smallest absolute Gasteiger partial charge is 0.328 e. The lowest BCUT2D eigenvalue weighted by Gasteiger charge is -2.31. The summed E-state index contributed by atoms with van der Waals surface area (Å²) in [6.45, 7) is 1.81. The van der Waals surface area contributed by atoms with Crippen molar-refractivity contribution >= 4 is 11.9 Å². The van der Waals surface area contributed by atoms with E-state index in [1.165, 1.54) is 13.2 Å². The topological polar surface area (TPSA) is 55.4 Å². The number of ether oxygens (including phenoxy) is 1. The zero-order valence-corrected chi connectivity index (χ0v) is 17.0. The lowest BCUT2D eigenvalue weighted by Crippen LogP contribution is -2.51. The zero-order chi connectivity index (χ0) is 21.6. The summed E-state index contributed by atoms with van der Waals surface area (Å²) < 4.78 is 19.0. The van der Waals surface area contributed by atoms with Gasteiger partial charge in [0, 0.05) is 6.42 Å². The minimum absolute atomic E-state index is 0.00918. The Morgan fingerprint density at radius 3 is 1.90 bits per heavy atom. The first-order valence-electron chi connectivity index (χ1n) is 9.70. The Morgan fingerprint density at radius 1 is 0.900 bits per heavy atom. The average Bonchev–Trinajstić information content (AvgIpc) is 2.80. The summed E-state index contributed by atoms with van der Waals surface area (Å²) in [7, 11) is 1.25. The Morgan fingerprint density at radius 2 is 1.40 bits per heavy atom. The maximum Gasteiger partial charge on any atom is 0.328 e. The van der Waals surface area contributed by atoms with Gasteiger partial charge in [-0.3, -0.25) is 4.79 Å². The summed E-state index contributed by atoms with van der Waals surface area (Å²) >= 11 is 0. The zero-order valence-electron chi connectivity index (χ0n) is 17.0. The summed E-state index contributed by atoms with van der Waals surface area (Å²) in [5, 5.41) is 2.80. The number of hydrogen-bond donors (Lipinski definition) is 1. The van der Waals surface area contributed by atoms with Crippen LogP contribution in [0.4, 0.5) is 4.39 Å². The lowest BCUT2D eigenvalue weighted by molar-refractivity contribution is -0.145. The van der Waals surface area contributed by atoms with Crippen LogP contribution >= 0.6 is 0 Å². The van der Waals surface area contributed by atoms with Gasteiger partial charge in [0.15, 0.2) is 0 Å². The van der Waals surface area contributed by atoms with Gasteiger partial charge in [0.05, 0.1) is 12.5 Å². The van der Waals surface area contributed by atoms with Crippen molar-refractivity contribution in [2.45, 2.75) is 24.8 Å². The number of halogens is 1. The highest BCUT2D eigenvalue weighted by Crippen LogP contribution is 2.32. The molecule has 1 N–H and O–H groups in total. The van der Waals surface area contributed by atoms with E-state index < -0.39 is 23.2 Å². The summed E-state index contributed by atoms with van der Waals surface area (Å²) in [5.41, 5.74) is 0.838. The molecule has 0 aliphatic heterocycles. The quantitative estimate of drug-likeness (QED) is 0.604. The molecule has 0 aliphatic carbocycles. The van der Waals surface area contributed by atoms with E-state index in [1.807, 2.05) is 67.6 Å². The molecule has 4 nitrogen and oxygen atoms in total. The molecule has 154 valence electrons. The van der Waals surface area contributed by atoms with E-state index in [9.17, 15) is 14.0 Å². The van der Waals surface area contributed by atoms with Gasteiger partial charge in [-0.25, -0.2) is 9.18 Å². The molecule has 3 aromatic carbocycles. The molecule has 0 bridgehead atoms. The van der Waals surface area contributed by atoms with Gasteiger partial charge in [0.2, 0.25) is 5.91 Å². The van der Waals surface area contributed by atoms with Crippen LogP contribution in [-0.2, 0) is 26.2 Å². The molecule has 3 aromatic rings. The number of carbonyl (C=O) groups excluding carboxylic acids is 2. The highest BCUT2D eigenvalue weighted by Gasteiger charge is 2.39. The van der Waals surface area contributed by atoms with Gasteiger partial charge < -0.3 is 10.1 Å². The van der Waals surface area contributed by atoms with Crippen molar-refractivity contribution in [3.05, 3.63) is 107 Å². The van der Waals surface area contributed by atoms with Crippen LogP contribution in [0.1, 0.15) is 23.6 Å². The molecule has 0 heterocycles. The molecule has 0 spiro atoms. The van der Waals surface area contributed by atoms with E-state index in [0.29, 0.717) is 5.56 Å². The van der Waals surface area contributed by atoms with Gasteiger partial charge in [-0.05, 0) is 29.7 Å². The Labute approximate surface area is 175 Å². The number of rotatable bonds is 7. The fourth-order valence-electron chi connectivity index (χ4n) is 3.49. The van der Waals surface area contributed by atoms with Gasteiger partial charge in [-0.1, -0.05) is 78.9 Å². The highest BCUT2D eigenvalue weighted by atomic mass is 19.1. The first-order valence-corrected chi connectivity index (χ1v) is 9.70. The second-order valence-corrected chi connectivity index (χ2v) is 7.20. The minimum atomic E-state index is -1.05. The van der Waals surface area contributed by atoms with Crippen LogP contribution in [0.2, 0.25) is 0 Å². The normalized spacial score (nSPS) is 12.1. The maximum absolute atomic E-state index is 14.2. The Kier molecular flexibility index (Phi) is 6.62. The van der Waals surface area contributed by atoms with E-state index in [2.05, 4.69) is 5.32 Å². The number of hydrogen-bond acceptors (Lipinski definition) is 3. The molecule has 30 heavy (non-hydrogen) atoms. The average molecular weight is 405 g/mol. The van der Waals surface area contributed by atoms with Crippen LogP contribution < -0.4 is 5.32 Å². The summed E-state index contributed by atoms with van der Waals surface area (Å²) in [4.78, 5) is 26.0. The van der Waals surface area contributed by atoms with Crippen molar-refractivity contribution < 1.29 is 18.7 Å².